The number of fused-ring (bicyclic) bond motifs is 4. The summed E-state index contributed by atoms with van der Waals surface area (Å²) in [5.74, 6) is 0.349. The lowest BCUT2D eigenvalue weighted by atomic mass is 10.2. The molecule has 0 amide bonds. The van der Waals surface area contributed by atoms with E-state index in [2.05, 4.69) is 94.9 Å². The number of benzene rings is 3. The normalized spacial score (nSPS) is 11.8. The van der Waals surface area contributed by atoms with E-state index in [9.17, 15) is 0 Å². The summed E-state index contributed by atoms with van der Waals surface area (Å²) >= 11 is 3.52. The van der Waals surface area contributed by atoms with E-state index in [4.69, 9.17) is 0 Å². The van der Waals surface area contributed by atoms with Gasteiger partial charge in [0.2, 0.25) is 0 Å². The van der Waals surface area contributed by atoms with E-state index in [0.29, 0.717) is 5.95 Å². The number of hydrogen-bond acceptors (Lipinski definition) is 5. The molecule has 0 aliphatic heterocycles. The van der Waals surface area contributed by atoms with Crippen molar-refractivity contribution in [1.82, 2.24) is 24.3 Å². The molecule has 0 atom stereocenters. The summed E-state index contributed by atoms with van der Waals surface area (Å²) in [7, 11) is 1.97. The third-order valence-electron chi connectivity index (χ3n) is 5.94. The van der Waals surface area contributed by atoms with Gasteiger partial charge in [0.15, 0.2) is 5.65 Å². The number of nitrogens with one attached hydrogen (secondary N) is 1. The fraction of sp³-hybridized carbons (Fsp3) is 0.0769. The van der Waals surface area contributed by atoms with Crippen LogP contribution in [0.4, 0.5) is 5.95 Å². The zero-order valence-corrected chi connectivity index (χ0v) is 19.9. The van der Waals surface area contributed by atoms with Gasteiger partial charge in [-0.05, 0) is 29.8 Å². The van der Waals surface area contributed by atoms with Crippen molar-refractivity contribution in [3.05, 3.63) is 94.6 Å². The number of rotatable bonds is 5. The van der Waals surface area contributed by atoms with Gasteiger partial charge in [0.25, 0.3) is 5.95 Å². The highest BCUT2D eigenvalue weighted by molar-refractivity contribution is 9.10. The van der Waals surface area contributed by atoms with Crippen LogP contribution < -0.4 is 5.43 Å². The molecule has 34 heavy (non-hydrogen) atoms. The summed E-state index contributed by atoms with van der Waals surface area (Å²) in [6.45, 7) is 0.795. The first-order valence-electron chi connectivity index (χ1n) is 10.9. The van der Waals surface area contributed by atoms with Crippen LogP contribution in [0.5, 0.6) is 0 Å². The molecule has 166 valence electrons. The first kappa shape index (κ1) is 20.6. The van der Waals surface area contributed by atoms with Crippen molar-refractivity contribution in [2.75, 3.05) is 5.43 Å². The first-order chi connectivity index (χ1) is 16.7. The largest absolute Gasteiger partial charge is 0.342 e. The zero-order chi connectivity index (χ0) is 23.1. The van der Waals surface area contributed by atoms with Crippen molar-refractivity contribution in [3.63, 3.8) is 0 Å². The van der Waals surface area contributed by atoms with Crippen LogP contribution in [0, 0.1) is 0 Å². The molecule has 7 nitrogen and oxygen atoms in total. The number of aromatic nitrogens is 5. The van der Waals surface area contributed by atoms with Crippen LogP contribution in [0.15, 0.2) is 88.6 Å². The van der Waals surface area contributed by atoms with Crippen LogP contribution >= 0.6 is 15.9 Å². The predicted molar refractivity (Wildman–Crippen MR) is 140 cm³/mol. The molecule has 8 heteroatoms. The third kappa shape index (κ3) is 3.62. The second kappa shape index (κ2) is 8.39. The van der Waals surface area contributed by atoms with Crippen LogP contribution in [-0.4, -0.2) is 30.5 Å². The van der Waals surface area contributed by atoms with Crippen molar-refractivity contribution in [3.8, 4) is 0 Å². The van der Waals surface area contributed by atoms with E-state index in [1.807, 2.05) is 41.9 Å². The highest BCUT2D eigenvalue weighted by Gasteiger charge is 2.13. The van der Waals surface area contributed by atoms with Crippen molar-refractivity contribution < 1.29 is 0 Å². The Bertz CT molecular complexity index is 1680. The van der Waals surface area contributed by atoms with Crippen molar-refractivity contribution in [2.45, 2.75) is 6.54 Å². The van der Waals surface area contributed by atoms with Crippen molar-refractivity contribution in [2.24, 2.45) is 12.1 Å². The van der Waals surface area contributed by atoms with Crippen LogP contribution in [0.3, 0.4) is 0 Å². The minimum absolute atomic E-state index is 0.349. The molecule has 0 saturated heterocycles. The summed E-state index contributed by atoms with van der Waals surface area (Å²) in [5, 5.41) is 15.2. The Morgan fingerprint density at radius 1 is 0.941 bits per heavy atom. The van der Waals surface area contributed by atoms with Crippen LogP contribution in [0.25, 0.3) is 33.0 Å². The molecule has 6 aromatic rings. The number of aryl methyl sites for hydroxylation is 1. The second-order valence-electron chi connectivity index (χ2n) is 8.11. The molecule has 3 aromatic carbocycles. The Balaban J connectivity index is 1.30. The minimum atomic E-state index is 0.349. The second-order valence-corrected chi connectivity index (χ2v) is 9.03. The molecule has 0 spiro atoms. The molecule has 0 bridgehead atoms. The Morgan fingerprint density at radius 3 is 2.65 bits per heavy atom. The number of para-hydroxylation sites is 1. The van der Waals surface area contributed by atoms with Gasteiger partial charge in [0, 0.05) is 46.1 Å². The average molecular weight is 510 g/mol. The maximum Gasteiger partial charge on any atom is 0.265 e. The fourth-order valence-corrected chi connectivity index (χ4v) is 4.69. The highest BCUT2D eigenvalue weighted by Crippen LogP contribution is 2.28. The first-order valence-corrected chi connectivity index (χ1v) is 11.7. The molecule has 3 heterocycles. The van der Waals surface area contributed by atoms with Gasteiger partial charge in [-0.25, -0.2) is 5.43 Å². The zero-order valence-electron chi connectivity index (χ0n) is 18.4. The SMILES string of the molecule is Cn1c2ccc(Br)cc2c2nnc(N/N=C/c3cn(Cc4ccccc4)c4ccccc34)nc21. The van der Waals surface area contributed by atoms with Crippen LogP contribution in [0.2, 0.25) is 0 Å². The van der Waals surface area contributed by atoms with E-state index in [1.165, 1.54) is 5.56 Å². The Labute approximate surface area is 203 Å². The molecule has 0 aliphatic carbocycles. The number of hydrogen-bond donors (Lipinski definition) is 1. The lowest BCUT2D eigenvalue weighted by molar-refractivity contribution is 0.836. The fourth-order valence-electron chi connectivity index (χ4n) is 4.33. The number of hydrazone groups is 1. The molecule has 0 aliphatic rings. The molecule has 1 N–H and O–H groups in total. The highest BCUT2D eigenvalue weighted by atomic mass is 79.9. The van der Waals surface area contributed by atoms with Crippen LogP contribution in [-0.2, 0) is 13.6 Å². The Morgan fingerprint density at radius 2 is 1.76 bits per heavy atom. The maximum atomic E-state index is 4.64. The smallest absolute Gasteiger partial charge is 0.265 e. The van der Waals surface area contributed by atoms with Gasteiger partial charge in [-0.15, -0.1) is 10.2 Å². The molecular formula is C26H20BrN7. The summed E-state index contributed by atoms with van der Waals surface area (Å²) in [5.41, 5.74) is 8.93. The molecule has 6 rings (SSSR count). The summed E-state index contributed by atoms with van der Waals surface area (Å²) in [6, 6.07) is 24.8. The van der Waals surface area contributed by atoms with E-state index < -0.39 is 0 Å². The molecule has 0 radical (unpaired) electrons. The van der Waals surface area contributed by atoms with Gasteiger partial charge in [0.1, 0.15) is 5.52 Å². The number of halogens is 1. The van der Waals surface area contributed by atoms with E-state index in [0.717, 1.165) is 49.6 Å². The Hall–Kier alpha value is -4.04. The van der Waals surface area contributed by atoms with Gasteiger partial charge in [-0.3, -0.25) is 0 Å². The lowest BCUT2D eigenvalue weighted by Crippen LogP contribution is -2.00. The average Bonchev–Trinajstić information content (AvgIpc) is 3.34. The van der Waals surface area contributed by atoms with Gasteiger partial charge >= 0.3 is 0 Å². The summed E-state index contributed by atoms with van der Waals surface area (Å²) in [6.07, 6.45) is 3.92. The minimum Gasteiger partial charge on any atom is -0.342 e. The predicted octanol–water partition coefficient (Wildman–Crippen LogP) is 5.73. The number of anilines is 1. The third-order valence-corrected chi connectivity index (χ3v) is 6.44. The maximum absolute atomic E-state index is 4.64. The quantitative estimate of drug-likeness (QED) is 0.238. The van der Waals surface area contributed by atoms with Gasteiger partial charge < -0.3 is 9.13 Å². The van der Waals surface area contributed by atoms with Gasteiger partial charge in [0.05, 0.1) is 11.7 Å². The monoisotopic (exact) mass is 509 g/mol. The standard InChI is InChI=1S/C26H20BrN7/c1-33-22-12-11-19(27)13-21(22)24-25(33)29-26(32-30-24)31-28-14-18-16-34(15-17-7-3-2-4-8-17)23-10-6-5-9-20(18)23/h2-14,16H,15H2,1H3,(H,29,31,32)/b28-14+. The van der Waals surface area contributed by atoms with Gasteiger partial charge in [-0.1, -0.05) is 64.5 Å². The van der Waals surface area contributed by atoms with E-state index in [-0.39, 0.29) is 0 Å². The lowest BCUT2D eigenvalue weighted by Gasteiger charge is -2.05. The van der Waals surface area contributed by atoms with Crippen LogP contribution in [0.1, 0.15) is 11.1 Å². The van der Waals surface area contributed by atoms with E-state index in [1.54, 1.807) is 6.21 Å². The summed E-state index contributed by atoms with van der Waals surface area (Å²) in [4.78, 5) is 4.64. The Kier molecular flexibility index (Phi) is 5.07. The molecule has 0 fully saturated rings. The molecule has 3 aromatic heterocycles. The molecule has 0 saturated carbocycles. The number of nitrogens with zero attached hydrogens (tertiary/aromatic N) is 6. The molecule has 0 unspecified atom stereocenters. The van der Waals surface area contributed by atoms with Crippen molar-refractivity contribution >= 4 is 61.1 Å². The topological polar surface area (TPSA) is 72.9 Å². The summed E-state index contributed by atoms with van der Waals surface area (Å²) < 4.78 is 5.24. The molecular weight excluding hydrogens is 490 g/mol. The van der Waals surface area contributed by atoms with Gasteiger partial charge in [-0.2, -0.15) is 10.1 Å². The van der Waals surface area contributed by atoms with Crippen molar-refractivity contribution in [1.29, 1.82) is 0 Å². The van der Waals surface area contributed by atoms with E-state index >= 15 is 0 Å².